The van der Waals surface area contributed by atoms with Crippen molar-refractivity contribution in [3.63, 3.8) is 0 Å². The van der Waals surface area contributed by atoms with E-state index in [1.54, 1.807) is 6.07 Å². The minimum atomic E-state index is -1.10. The van der Waals surface area contributed by atoms with Crippen molar-refractivity contribution in [1.29, 1.82) is 0 Å². The summed E-state index contributed by atoms with van der Waals surface area (Å²) in [7, 11) is 0. The Balaban J connectivity index is 2.07. The van der Waals surface area contributed by atoms with Crippen molar-refractivity contribution < 1.29 is 18.7 Å². The Kier molecular flexibility index (Phi) is 4.11. The van der Waals surface area contributed by atoms with Gasteiger partial charge >= 0.3 is 5.97 Å². The lowest BCUT2D eigenvalue weighted by Gasteiger charge is -2.03. The molecule has 19 heavy (non-hydrogen) atoms. The fourth-order valence-corrected chi connectivity index (χ4v) is 2.28. The van der Waals surface area contributed by atoms with Crippen molar-refractivity contribution in [2.45, 2.75) is 10.6 Å². The van der Waals surface area contributed by atoms with E-state index in [0.717, 1.165) is 17.7 Å². The largest absolute Gasteiger partial charge is 0.477 e. The van der Waals surface area contributed by atoms with Gasteiger partial charge in [-0.1, -0.05) is 0 Å². The SMILES string of the molecule is O=C(O)c1cc(CSc2ccc(F)c(F)c2)ccn1. The topological polar surface area (TPSA) is 50.2 Å². The average Bonchev–Trinajstić information content (AvgIpc) is 2.40. The predicted octanol–water partition coefficient (Wildman–Crippen LogP) is 3.35. The van der Waals surface area contributed by atoms with Gasteiger partial charge in [-0.3, -0.25) is 0 Å². The summed E-state index contributed by atoms with van der Waals surface area (Å²) in [6.07, 6.45) is 1.41. The van der Waals surface area contributed by atoms with Crippen LogP contribution in [-0.2, 0) is 5.75 Å². The summed E-state index contributed by atoms with van der Waals surface area (Å²) < 4.78 is 25.7. The van der Waals surface area contributed by atoms with Gasteiger partial charge in [-0.05, 0) is 35.9 Å². The number of rotatable bonds is 4. The second-order valence-corrected chi connectivity index (χ2v) is 4.77. The molecule has 6 heteroatoms. The first-order valence-electron chi connectivity index (χ1n) is 5.32. The first-order valence-corrected chi connectivity index (χ1v) is 6.31. The van der Waals surface area contributed by atoms with Crippen LogP contribution in [0.3, 0.4) is 0 Å². The molecule has 2 rings (SSSR count). The summed E-state index contributed by atoms with van der Waals surface area (Å²) in [6.45, 7) is 0. The van der Waals surface area contributed by atoms with Gasteiger partial charge in [0.25, 0.3) is 0 Å². The first-order chi connectivity index (χ1) is 9.06. The summed E-state index contributed by atoms with van der Waals surface area (Å²) >= 11 is 1.29. The first kappa shape index (κ1) is 13.5. The zero-order valence-corrected chi connectivity index (χ0v) is 10.5. The number of carboxylic acid groups (broad SMARTS) is 1. The number of carboxylic acids is 1. The average molecular weight is 281 g/mol. The third-order valence-electron chi connectivity index (χ3n) is 2.34. The molecule has 0 aliphatic carbocycles. The van der Waals surface area contributed by atoms with E-state index in [9.17, 15) is 13.6 Å². The highest BCUT2D eigenvalue weighted by Crippen LogP contribution is 2.24. The van der Waals surface area contributed by atoms with Gasteiger partial charge in [0.2, 0.25) is 0 Å². The second-order valence-electron chi connectivity index (χ2n) is 3.72. The number of hydrogen-bond acceptors (Lipinski definition) is 3. The van der Waals surface area contributed by atoms with Crippen molar-refractivity contribution in [2.75, 3.05) is 0 Å². The van der Waals surface area contributed by atoms with E-state index in [2.05, 4.69) is 4.98 Å². The molecular weight excluding hydrogens is 272 g/mol. The van der Waals surface area contributed by atoms with Crippen molar-refractivity contribution in [3.8, 4) is 0 Å². The van der Waals surface area contributed by atoms with Gasteiger partial charge in [-0.15, -0.1) is 11.8 Å². The van der Waals surface area contributed by atoms with Crippen LogP contribution in [0.15, 0.2) is 41.4 Å². The smallest absolute Gasteiger partial charge is 0.354 e. The minimum absolute atomic E-state index is 0.0385. The molecule has 0 aliphatic rings. The number of aromatic nitrogens is 1. The molecule has 0 saturated carbocycles. The van der Waals surface area contributed by atoms with Gasteiger partial charge in [0, 0.05) is 16.8 Å². The zero-order valence-electron chi connectivity index (χ0n) is 9.64. The Labute approximate surface area is 112 Å². The van der Waals surface area contributed by atoms with Crippen LogP contribution >= 0.6 is 11.8 Å². The van der Waals surface area contributed by atoms with Gasteiger partial charge in [-0.25, -0.2) is 18.6 Å². The fourth-order valence-electron chi connectivity index (χ4n) is 1.41. The Morgan fingerprint density at radius 2 is 2.00 bits per heavy atom. The van der Waals surface area contributed by atoms with E-state index in [-0.39, 0.29) is 5.69 Å². The second kappa shape index (κ2) is 5.79. The van der Waals surface area contributed by atoms with E-state index >= 15 is 0 Å². The third-order valence-corrected chi connectivity index (χ3v) is 3.40. The number of benzene rings is 1. The standard InChI is InChI=1S/C13H9F2NO2S/c14-10-2-1-9(6-11(10)15)19-7-8-3-4-16-12(5-8)13(17)18/h1-6H,7H2,(H,17,18). The molecule has 1 N–H and O–H groups in total. The molecule has 0 fully saturated rings. The highest BCUT2D eigenvalue weighted by atomic mass is 32.2. The number of pyridine rings is 1. The molecule has 0 radical (unpaired) electrons. The molecule has 0 amide bonds. The molecule has 0 atom stereocenters. The molecule has 0 bridgehead atoms. The zero-order chi connectivity index (χ0) is 13.8. The van der Waals surface area contributed by atoms with E-state index in [0.29, 0.717) is 10.6 Å². The van der Waals surface area contributed by atoms with E-state index in [1.165, 1.54) is 30.1 Å². The van der Waals surface area contributed by atoms with Crippen LogP contribution in [0, 0.1) is 11.6 Å². The van der Waals surface area contributed by atoms with Gasteiger partial charge in [0.1, 0.15) is 5.69 Å². The maximum atomic E-state index is 13.0. The Bertz CT molecular complexity index is 619. The van der Waals surface area contributed by atoms with E-state index < -0.39 is 17.6 Å². The maximum absolute atomic E-state index is 13.0. The van der Waals surface area contributed by atoms with Crippen molar-refractivity contribution in [2.24, 2.45) is 0 Å². The monoisotopic (exact) mass is 281 g/mol. The van der Waals surface area contributed by atoms with Crippen LogP contribution in [0.5, 0.6) is 0 Å². The molecule has 98 valence electrons. The molecule has 2 aromatic rings. The summed E-state index contributed by atoms with van der Waals surface area (Å²) in [4.78, 5) is 15.0. The number of thioether (sulfide) groups is 1. The Morgan fingerprint density at radius 1 is 1.21 bits per heavy atom. The molecule has 0 spiro atoms. The highest BCUT2D eigenvalue weighted by Gasteiger charge is 2.06. The van der Waals surface area contributed by atoms with Crippen molar-refractivity contribution in [3.05, 3.63) is 59.4 Å². The van der Waals surface area contributed by atoms with E-state index in [1.807, 2.05) is 0 Å². The molecule has 0 unspecified atom stereocenters. The Hall–Kier alpha value is -1.95. The van der Waals surface area contributed by atoms with Crippen LogP contribution < -0.4 is 0 Å². The molecule has 0 aliphatic heterocycles. The van der Waals surface area contributed by atoms with Crippen molar-refractivity contribution in [1.82, 2.24) is 4.98 Å². The predicted molar refractivity (Wildman–Crippen MR) is 67.1 cm³/mol. The molecule has 0 saturated heterocycles. The fraction of sp³-hybridized carbons (Fsp3) is 0.0769. The third kappa shape index (κ3) is 3.51. The van der Waals surface area contributed by atoms with Crippen LogP contribution in [0.25, 0.3) is 0 Å². The summed E-state index contributed by atoms with van der Waals surface area (Å²) in [6, 6.07) is 6.78. The molecule has 1 heterocycles. The molecule has 1 aromatic heterocycles. The Morgan fingerprint density at radius 3 is 2.68 bits per heavy atom. The van der Waals surface area contributed by atoms with Gasteiger partial charge in [0.15, 0.2) is 11.6 Å². The minimum Gasteiger partial charge on any atom is -0.477 e. The lowest BCUT2D eigenvalue weighted by molar-refractivity contribution is 0.0690. The molecule has 1 aromatic carbocycles. The number of aromatic carboxylic acids is 1. The number of hydrogen-bond donors (Lipinski definition) is 1. The number of nitrogens with zero attached hydrogens (tertiary/aromatic N) is 1. The maximum Gasteiger partial charge on any atom is 0.354 e. The summed E-state index contributed by atoms with van der Waals surface area (Å²) in [5.74, 6) is -2.43. The van der Waals surface area contributed by atoms with Crippen LogP contribution in [0.4, 0.5) is 8.78 Å². The van der Waals surface area contributed by atoms with Crippen molar-refractivity contribution >= 4 is 17.7 Å². The highest BCUT2D eigenvalue weighted by molar-refractivity contribution is 7.98. The van der Waals surface area contributed by atoms with Gasteiger partial charge in [-0.2, -0.15) is 0 Å². The molecular formula is C13H9F2NO2S. The number of halogens is 2. The van der Waals surface area contributed by atoms with Crippen LogP contribution in [0.1, 0.15) is 16.1 Å². The van der Waals surface area contributed by atoms with Gasteiger partial charge in [0.05, 0.1) is 0 Å². The number of carbonyl (C=O) groups is 1. The normalized spacial score (nSPS) is 10.4. The summed E-state index contributed by atoms with van der Waals surface area (Å²) in [5, 5.41) is 8.80. The van der Waals surface area contributed by atoms with Crippen LogP contribution in [0.2, 0.25) is 0 Å². The molecule has 3 nitrogen and oxygen atoms in total. The van der Waals surface area contributed by atoms with Gasteiger partial charge < -0.3 is 5.11 Å². The lowest BCUT2D eigenvalue weighted by Crippen LogP contribution is -2.00. The van der Waals surface area contributed by atoms with E-state index in [4.69, 9.17) is 5.11 Å². The van der Waals surface area contributed by atoms with Crippen LogP contribution in [-0.4, -0.2) is 16.1 Å². The lowest BCUT2D eigenvalue weighted by atomic mass is 10.2. The quantitative estimate of drug-likeness (QED) is 0.873. The summed E-state index contributed by atoms with van der Waals surface area (Å²) in [5.41, 5.74) is 0.713.